The van der Waals surface area contributed by atoms with E-state index in [1.165, 1.54) is 13.3 Å². The lowest BCUT2D eigenvalue weighted by Gasteiger charge is -2.37. The summed E-state index contributed by atoms with van der Waals surface area (Å²) in [5, 5.41) is 10.5. The van der Waals surface area contributed by atoms with E-state index < -0.39 is 0 Å². The third-order valence-corrected chi connectivity index (χ3v) is 5.42. The Morgan fingerprint density at radius 1 is 1.27 bits per heavy atom. The Morgan fingerprint density at radius 2 is 2.04 bits per heavy atom. The van der Waals surface area contributed by atoms with E-state index in [0.29, 0.717) is 18.3 Å². The minimum Gasteiger partial charge on any atom is -0.352 e. The van der Waals surface area contributed by atoms with Crippen LogP contribution in [0, 0.1) is 6.92 Å². The summed E-state index contributed by atoms with van der Waals surface area (Å²) in [6.45, 7) is 4.87. The molecule has 8 heteroatoms. The first-order valence-corrected chi connectivity index (χ1v) is 9.59. The summed E-state index contributed by atoms with van der Waals surface area (Å²) < 4.78 is 5.18. The number of amides is 2. The molecule has 26 heavy (non-hydrogen) atoms. The quantitative estimate of drug-likeness (QED) is 0.817. The van der Waals surface area contributed by atoms with Crippen molar-refractivity contribution in [3.8, 4) is 0 Å². The normalized spacial score (nSPS) is 22.8. The maximum absolute atomic E-state index is 12.7. The Balaban J connectivity index is 1.61. The van der Waals surface area contributed by atoms with E-state index in [0.717, 1.165) is 45.1 Å². The van der Waals surface area contributed by atoms with Gasteiger partial charge in [0.05, 0.1) is 12.1 Å². The summed E-state index contributed by atoms with van der Waals surface area (Å²) in [4.78, 5) is 30.3. The number of carbonyl (C=O) groups is 2. The fourth-order valence-corrected chi connectivity index (χ4v) is 4.09. The second kappa shape index (κ2) is 8.16. The minimum absolute atomic E-state index is 0.0453. The molecule has 1 unspecified atom stereocenters. The lowest BCUT2D eigenvalue weighted by molar-refractivity contribution is -0.133. The van der Waals surface area contributed by atoms with Gasteiger partial charge in [0.1, 0.15) is 0 Å². The number of aromatic nitrogens is 2. The number of carbonyl (C=O) groups excluding carboxylic acids is 2. The molecule has 2 N–H and O–H groups in total. The molecule has 0 spiro atoms. The van der Waals surface area contributed by atoms with E-state index in [1.807, 2.05) is 4.90 Å². The third-order valence-electron chi connectivity index (χ3n) is 5.42. The van der Waals surface area contributed by atoms with Crippen LogP contribution in [-0.4, -0.2) is 52.5 Å². The SMILES string of the molecule is CC(=O)NC1CCCN(C(=O)CNC2(c3noc(C)n3)CCCCC2)C1. The number of rotatable bonds is 5. The van der Waals surface area contributed by atoms with E-state index in [-0.39, 0.29) is 29.9 Å². The summed E-state index contributed by atoms with van der Waals surface area (Å²) in [7, 11) is 0. The minimum atomic E-state index is -0.376. The van der Waals surface area contributed by atoms with Crippen molar-refractivity contribution in [2.24, 2.45) is 0 Å². The fourth-order valence-electron chi connectivity index (χ4n) is 4.09. The molecule has 0 radical (unpaired) electrons. The number of aryl methyl sites for hydroxylation is 1. The van der Waals surface area contributed by atoms with E-state index in [4.69, 9.17) is 4.52 Å². The second-order valence-corrected chi connectivity index (χ2v) is 7.51. The molecule has 2 fully saturated rings. The van der Waals surface area contributed by atoms with E-state index in [1.54, 1.807) is 6.92 Å². The highest BCUT2D eigenvalue weighted by molar-refractivity contribution is 5.79. The first kappa shape index (κ1) is 18.8. The maximum atomic E-state index is 12.7. The molecule has 0 bridgehead atoms. The molecule has 1 aromatic heterocycles. The number of piperidine rings is 1. The lowest BCUT2D eigenvalue weighted by Crippen LogP contribution is -2.53. The average Bonchev–Trinajstić information content (AvgIpc) is 3.07. The van der Waals surface area contributed by atoms with Crippen LogP contribution in [-0.2, 0) is 15.1 Å². The van der Waals surface area contributed by atoms with Crippen molar-refractivity contribution in [1.29, 1.82) is 0 Å². The van der Waals surface area contributed by atoms with Crippen LogP contribution in [0.15, 0.2) is 4.52 Å². The standard InChI is InChI=1S/C18H29N5O3/c1-13(24)20-15-7-6-10-23(12-15)16(25)11-19-18(8-4-3-5-9-18)17-21-14(2)26-22-17/h15,19H,3-12H2,1-2H3,(H,20,24). The first-order valence-electron chi connectivity index (χ1n) is 9.59. The van der Waals surface area contributed by atoms with Crippen molar-refractivity contribution >= 4 is 11.8 Å². The zero-order valence-corrected chi connectivity index (χ0v) is 15.7. The fraction of sp³-hybridized carbons (Fsp3) is 0.778. The van der Waals surface area contributed by atoms with Crippen LogP contribution in [0.4, 0.5) is 0 Å². The molecule has 144 valence electrons. The molecular weight excluding hydrogens is 334 g/mol. The highest BCUT2D eigenvalue weighted by atomic mass is 16.5. The summed E-state index contributed by atoms with van der Waals surface area (Å²) in [5.74, 6) is 1.23. The Bertz CT molecular complexity index is 639. The molecule has 1 aromatic rings. The molecule has 1 aliphatic heterocycles. The Labute approximate surface area is 154 Å². The van der Waals surface area contributed by atoms with Gasteiger partial charge in [-0.15, -0.1) is 0 Å². The summed E-state index contributed by atoms with van der Waals surface area (Å²) in [6, 6.07) is 0.0497. The van der Waals surface area contributed by atoms with Gasteiger partial charge in [-0.05, 0) is 25.7 Å². The van der Waals surface area contributed by atoms with Gasteiger partial charge in [0.25, 0.3) is 0 Å². The molecule has 3 rings (SSSR count). The van der Waals surface area contributed by atoms with Crippen LogP contribution < -0.4 is 10.6 Å². The van der Waals surface area contributed by atoms with Crippen LogP contribution in [0.5, 0.6) is 0 Å². The number of hydrogen-bond acceptors (Lipinski definition) is 6. The monoisotopic (exact) mass is 363 g/mol. The van der Waals surface area contributed by atoms with Gasteiger partial charge in [-0.25, -0.2) is 0 Å². The molecule has 8 nitrogen and oxygen atoms in total. The lowest BCUT2D eigenvalue weighted by atomic mass is 9.81. The molecule has 2 aliphatic rings. The molecule has 1 saturated heterocycles. The van der Waals surface area contributed by atoms with E-state index >= 15 is 0 Å². The summed E-state index contributed by atoms with van der Waals surface area (Å²) in [6.07, 6.45) is 7.02. The number of hydrogen-bond donors (Lipinski definition) is 2. The zero-order valence-electron chi connectivity index (χ0n) is 15.7. The highest BCUT2D eigenvalue weighted by Crippen LogP contribution is 2.35. The highest BCUT2D eigenvalue weighted by Gasteiger charge is 2.38. The van der Waals surface area contributed by atoms with Gasteiger partial charge >= 0.3 is 0 Å². The van der Waals surface area contributed by atoms with Crippen molar-refractivity contribution in [2.75, 3.05) is 19.6 Å². The van der Waals surface area contributed by atoms with Gasteiger partial charge in [0, 0.05) is 33.0 Å². The van der Waals surface area contributed by atoms with Crippen molar-refractivity contribution in [1.82, 2.24) is 25.7 Å². The molecule has 1 saturated carbocycles. The van der Waals surface area contributed by atoms with Crippen LogP contribution >= 0.6 is 0 Å². The predicted molar refractivity (Wildman–Crippen MR) is 95.2 cm³/mol. The smallest absolute Gasteiger partial charge is 0.236 e. The van der Waals surface area contributed by atoms with Crippen molar-refractivity contribution in [3.63, 3.8) is 0 Å². The molecule has 2 amide bonds. The Kier molecular flexibility index (Phi) is 5.90. The number of nitrogens with one attached hydrogen (secondary N) is 2. The van der Waals surface area contributed by atoms with Gasteiger partial charge in [-0.1, -0.05) is 24.4 Å². The second-order valence-electron chi connectivity index (χ2n) is 7.51. The van der Waals surface area contributed by atoms with Crippen molar-refractivity contribution in [2.45, 2.75) is 70.4 Å². The Morgan fingerprint density at radius 3 is 2.69 bits per heavy atom. The van der Waals surface area contributed by atoms with Crippen molar-refractivity contribution < 1.29 is 14.1 Å². The predicted octanol–water partition coefficient (Wildman–Crippen LogP) is 1.25. The first-order chi connectivity index (χ1) is 12.5. The van der Waals surface area contributed by atoms with E-state index in [2.05, 4.69) is 20.8 Å². The molecule has 1 aliphatic carbocycles. The molecular formula is C18H29N5O3. The van der Waals surface area contributed by atoms with E-state index in [9.17, 15) is 9.59 Å². The van der Waals surface area contributed by atoms with Gasteiger partial charge < -0.3 is 14.7 Å². The molecule has 1 atom stereocenters. The third kappa shape index (κ3) is 4.41. The van der Waals surface area contributed by atoms with Gasteiger partial charge in [0.15, 0.2) is 5.82 Å². The largest absolute Gasteiger partial charge is 0.352 e. The Hall–Kier alpha value is -1.96. The van der Waals surface area contributed by atoms with Gasteiger partial charge in [0.2, 0.25) is 17.7 Å². The number of likely N-dealkylation sites (tertiary alicyclic amines) is 1. The van der Waals surface area contributed by atoms with Crippen LogP contribution in [0.2, 0.25) is 0 Å². The van der Waals surface area contributed by atoms with Gasteiger partial charge in [-0.3, -0.25) is 14.9 Å². The zero-order chi connectivity index (χ0) is 18.6. The van der Waals surface area contributed by atoms with Crippen LogP contribution in [0.1, 0.15) is 63.6 Å². The van der Waals surface area contributed by atoms with Crippen LogP contribution in [0.3, 0.4) is 0 Å². The van der Waals surface area contributed by atoms with Crippen LogP contribution in [0.25, 0.3) is 0 Å². The van der Waals surface area contributed by atoms with Crippen molar-refractivity contribution in [3.05, 3.63) is 11.7 Å². The number of nitrogens with zero attached hydrogens (tertiary/aromatic N) is 3. The maximum Gasteiger partial charge on any atom is 0.236 e. The molecule has 0 aromatic carbocycles. The summed E-state index contributed by atoms with van der Waals surface area (Å²) in [5.41, 5.74) is -0.376. The molecule has 2 heterocycles. The van der Waals surface area contributed by atoms with Gasteiger partial charge in [-0.2, -0.15) is 4.98 Å². The summed E-state index contributed by atoms with van der Waals surface area (Å²) >= 11 is 0. The topological polar surface area (TPSA) is 100 Å². The average molecular weight is 363 g/mol.